The molecule has 4 heteroatoms. The third-order valence-electron chi connectivity index (χ3n) is 3.28. The lowest BCUT2D eigenvalue weighted by atomic mass is 10.1. The number of nitrogens with one attached hydrogen (secondary N) is 1. The van der Waals surface area contributed by atoms with Gasteiger partial charge >= 0.3 is 0 Å². The van der Waals surface area contributed by atoms with Gasteiger partial charge in [-0.3, -0.25) is 0 Å². The third-order valence-corrected chi connectivity index (χ3v) is 3.28. The Morgan fingerprint density at radius 2 is 2.21 bits per heavy atom. The van der Waals surface area contributed by atoms with E-state index in [1.165, 1.54) is 0 Å². The van der Waals surface area contributed by atoms with Crippen molar-refractivity contribution in [3.05, 3.63) is 30.5 Å². The summed E-state index contributed by atoms with van der Waals surface area (Å²) >= 11 is 0. The molecule has 4 nitrogen and oxygen atoms in total. The van der Waals surface area contributed by atoms with Crippen LogP contribution in [0.2, 0.25) is 0 Å². The Morgan fingerprint density at radius 1 is 1.37 bits per heavy atom. The molecule has 0 saturated carbocycles. The molecule has 0 bridgehead atoms. The van der Waals surface area contributed by atoms with Crippen LogP contribution in [0.1, 0.15) is 19.8 Å². The van der Waals surface area contributed by atoms with Crippen molar-refractivity contribution in [1.82, 2.24) is 4.98 Å². The van der Waals surface area contributed by atoms with E-state index in [0.29, 0.717) is 0 Å². The van der Waals surface area contributed by atoms with Gasteiger partial charge in [-0.15, -0.1) is 0 Å². The van der Waals surface area contributed by atoms with Crippen LogP contribution in [0.4, 0.5) is 5.82 Å². The van der Waals surface area contributed by atoms with Gasteiger partial charge in [0.25, 0.3) is 0 Å². The number of rotatable bonds is 6. The van der Waals surface area contributed by atoms with Crippen molar-refractivity contribution in [1.29, 1.82) is 0 Å². The Bertz CT molecular complexity index is 543. The Labute approximate surface area is 113 Å². The SMILES string of the molecule is CCC(CCO)Nc1nccc2ccc(OC)cc12. The highest BCUT2D eigenvalue weighted by Gasteiger charge is 2.09. The number of methoxy groups -OCH3 is 1. The van der Waals surface area contributed by atoms with E-state index < -0.39 is 0 Å². The molecule has 0 fully saturated rings. The zero-order valence-corrected chi connectivity index (χ0v) is 11.4. The standard InChI is InChI=1S/C15H20N2O2/c1-3-12(7-9-18)17-15-14-10-13(19-2)5-4-11(14)6-8-16-15/h4-6,8,10,12,18H,3,7,9H2,1-2H3,(H,16,17). The molecule has 1 heterocycles. The summed E-state index contributed by atoms with van der Waals surface area (Å²) in [5, 5.41) is 14.6. The first-order valence-electron chi connectivity index (χ1n) is 6.58. The van der Waals surface area contributed by atoms with Gasteiger partial charge < -0.3 is 15.2 Å². The van der Waals surface area contributed by atoms with Crippen LogP contribution in [0.3, 0.4) is 0 Å². The summed E-state index contributed by atoms with van der Waals surface area (Å²) < 4.78 is 5.26. The molecule has 2 N–H and O–H groups in total. The molecule has 1 aromatic heterocycles. The zero-order valence-electron chi connectivity index (χ0n) is 11.4. The summed E-state index contributed by atoms with van der Waals surface area (Å²) in [6.07, 6.45) is 3.46. The monoisotopic (exact) mass is 260 g/mol. The van der Waals surface area contributed by atoms with Crippen LogP contribution >= 0.6 is 0 Å². The second-order valence-electron chi connectivity index (χ2n) is 4.51. The topological polar surface area (TPSA) is 54.4 Å². The minimum absolute atomic E-state index is 0.180. The Morgan fingerprint density at radius 3 is 2.89 bits per heavy atom. The maximum atomic E-state index is 9.06. The zero-order chi connectivity index (χ0) is 13.7. The fourth-order valence-corrected chi connectivity index (χ4v) is 2.12. The Hall–Kier alpha value is -1.81. The molecule has 0 spiro atoms. The Balaban J connectivity index is 2.35. The first kappa shape index (κ1) is 13.6. The number of anilines is 1. The number of ether oxygens (including phenoxy) is 1. The van der Waals surface area contributed by atoms with E-state index in [9.17, 15) is 0 Å². The smallest absolute Gasteiger partial charge is 0.134 e. The molecule has 1 aromatic carbocycles. The fourth-order valence-electron chi connectivity index (χ4n) is 2.12. The molecule has 2 aromatic rings. The number of hydrogen-bond donors (Lipinski definition) is 2. The molecule has 0 radical (unpaired) electrons. The number of aromatic nitrogens is 1. The molecule has 19 heavy (non-hydrogen) atoms. The highest BCUT2D eigenvalue weighted by Crippen LogP contribution is 2.26. The van der Waals surface area contributed by atoms with Gasteiger partial charge in [0.2, 0.25) is 0 Å². The molecular weight excluding hydrogens is 240 g/mol. The van der Waals surface area contributed by atoms with Crippen LogP contribution in [-0.2, 0) is 0 Å². The molecule has 102 valence electrons. The highest BCUT2D eigenvalue weighted by molar-refractivity contribution is 5.92. The van der Waals surface area contributed by atoms with Crippen molar-refractivity contribution in [3.8, 4) is 5.75 Å². The van der Waals surface area contributed by atoms with Gasteiger partial charge in [0.1, 0.15) is 11.6 Å². The summed E-state index contributed by atoms with van der Waals surface area (Å²) in [6.45, 7) is 2.28. The quantitative estimate of drug-likeness (QED) is 0.838. The van der Waals surface area contributed by atoms with Gasteiger partial charge in [-0.2, -0.15) is 0 Å². The van der Waals surface area contributed by atoms with Crippen molar-refractivity contribution in [2.45, 2.75) is 25.8 Å². The van der Waals surface area contributed by atoms with E-state index in [1.54, 1.807) is 13.3 Å². The van der Waals surface area contributed by atoms with Crippen molar-refractivity contribution in [2.24, 2.45) is 0 Å². The van der Waals surface area contributed by atoms with E-state index in [2.05, 4.69) is 17.2 Å². The van der Waals surface area contributed by atoms with Gasteiger partial charge in [-0.05, 0) is 36.4 Å². The van der Waals surface area contributed by atoms with E-state index >= 15 is 0 Å². The predicted octanol–water partition coefficient (Wildman–Crippen LogP) is 2.82. The number of nitrogens with zero attached hydrogens (tertiary/aromatic N) is 1. The van der Waals surface area contributed by atoms with Gasteiger partial charge in [-0.1, -0.05) is 13.0 Å². The molecule has 0 aliphatic rings. The highest BCUT2D eigenvalue weighted by atomic mass is 16.5. The lowest BCUT2D eigenvalue weighted by molar-refractivity contribution is 0.278. The molecule has 0 amide bonds. The number of hydrogen-bond acceptors (Lipinski definition) is 4. The van der Waals surface area contributed by atoms with Gasteiger partial charge in [-0.25, -0.2) is 4.98 Å². The van der Waals surface area contributed by atoms with Crippen molar-refractivity contribution in [3.63, 3.8) is 0 Å². The molecule has 0 aliphatic heterocycles. The first-order chi connectivity index (χ1) is 9.28. The number of fused-ring (bicyclic) bond motifs is 1. The minimum Gasteiger partial charge on any atom is -0.497 e. The first-order valence-corrected chi connectivity index (χ1v) is 6.58. The van der Waals surface area contributed by atoms with Gasteiger partial charge in [0, 0.05) is 24.2 Å². The van der Waals surface area contributed by atoms with Crippen LogP contribution < -0.4 is 10.1 Å². The number of pyridine rings is 1. The Kier molecular flexibility index (Phi) is 4.58. The van der Waals surface area contributed by atoms with Gasteiger partial charge in [0.05, 0.1) is 7.11 Å². The minimum atomic E-state index is 0.180. The van der Waals surface area contributed by atoms with Crippen LogP contribution in [-0.4, -0.2) is 29.8 Å². The predicted molar refractivity (Wildman–Crippen MR) is 77.7 cm³/mol. The maximum absolute atomic E-state index is 9.06. The average molecular weight is 260 g/mol. The van der Waals surface area contributed by atoms with Crippen LogP contribution in [0.25, 0.3) is 10.8 Å². The fraction of sp³-hybridized carbons (Fsp3) is 0.400. The van der Waals surface area contributed by atoms with E-state index in [0.717, 1.165) is 35.2 Å². The third kappa shape index (κ3) is 3.15. The van der Waals surface area contributed by atoms with Crippen molar-refractivity contribution >= 4 is 16.6 Å². The summed E-state index contributed by atoms with van der Waals surface area (Å²) in [4.78, 5) is 4.40. The summed E-state index contributed by atoms with van der Waals surface area (Å²) in [6, 6.07) is 8.16. The van der Waals surface area contributed by atoms with E-state index in [1.807, 2.05) is 24.3 Å². The lowest BCUT2D eigenvalue weighted by Gasteiger charge is -2.17. The van der Waals surface area contributed by atoms with Crippen LogP contribution in [0.15, 0.2) is 30.5 Å². The molecule has 1 unspecified atom stereocenters. The molecule has 2 rings (SSSR count). The molecule has 0 saturated heterocycles. The normalized spacial score (nSPS) is 12.4. The summed E-state index contributed by atoms with van der Waals surface area (Å²) in [5.41, 5.74) is 0. The average Bonchev–Trinajstić information content (AvgIpc) is 2.46. The lowest BCUT2D eigenvalue weighted by Crippen LogP contribution is -2.20. The number of aliphatic hydroxyl groups excluding tert-OH is 1. The second kappa shape index (κ2) is 6.38. The summed E-state index contributed by atoms with van der Waals surface area (Å²) in [5.74, 6) is 1.66. The van der Waals surface area contributed by atoms with Crippen LogP contribution in [0.5, 0.6) is 5.75 Å². The molecule has 1 atom stereocenters. The van der Waals surface area contributed by atoms with E-state index in [-0.39, 0.29) is 12.6 Å². The molecular formula is C15H20N2O2. The van der Waals surface area contributed by atoms with Crippen molar-refractivity contribution in [2.75, 3.05) is 19.0 Å². The maximum Gasteiger partial charge on any atom is 0.134 e. The van der Waals surface area contributed by atoms with Crippen molar-refractivity contribution < 1.29 is 9.84 Å². The van der Waals surface area contributed by atoms with E-state index in [4.69, 9.17) is 9.84 Å². The van der Waals surface area contributed by atoms with Crippen LogP contribution in [0, 0.1) is 0 Å². The van der Waals surface area contributed by atoms with Gasteiger partial charge in [0.15, 0.2) is 0 Å². The number of aliphatic hydroxyl groups is 1. The molecule has 0 aliphatic carbocycles. The second-order valence-corrected chi connectivity index (χ2v) is 4.51. The largest absolute Gasteiger partial charge is 0.497 e. The summed E-state index contributed by atoms with van der Waals surface area (Å²) in [7, 11) is 1.66. The number of benzene rings is 1.